The molecule has 0 saturated carbocycles. The molecule has 140 valence electrons. The number of allylic oxidation sites excluding steroid dienone is 1. The maximum absolute atomic E-state index is 12.6. The summed E-state index contributed by atoms with van der Waals surface area (Å²) in [6.45, 7) is 6.19. The van der Waals surface area contributed by atoms with Gasteiger partial charge in [-0.3, -0.25) is 19.8 Å². The van der Waals surface area contributed by atoms with Crippen LogP contribution in [0.25, 0.3) is 0 Å². The Morgan fingerprint density at radius 3 is 2.62 bits per heavy atom. The lowest BCUT2D eigenvalue weighted by Gasteiger charge is -2.38. The number of halogens is 3. The summed E-state index contributed by atoms with van der Waals surface area (Å²) < 4.78 is 37.8. The van der Waals surface area contributed by atoms with E-state index in [1.807, 2.05) is 6.92 Å². The summed E-state index contributed by atoms with van der Waals surface area (Å²) in [7, 11) is 1.50. The predicted octanol–water partition coefficient (Wildman–Crippen LogP) is 1.97. The molecule has 0 bridgehead atoms. The number of aliphatic imine (C=N–C) groups is 2. The third kappa shape index (κ3) is 4.54. The summed E-state index contributed by atoms with van der Waals surface area (Å²) in [5, 5.41) is 5.82. The molecule has 9 heteroatoms. The van der Waals surface area contributed by atoms with Gasteiger partial charge in [-0.15, -0.1) is 0 Å². The third-order valence-electron chi connectivity index (χ3n) is 4.17. The Labute approximate surface area is 149 Å². The standard InChI is InChI=1S/C17H20F3N5O/c1-16(6-7-25-16)15(26)24-10-12(21-2)8-13(22-3)11-4-5-14(23-9-11)17(18,19)20/h4-5,8-9,25H,2,6-7,10H2,1,3H3,(H,24,26)/b12-8-,22-13?. The zero-order chi connectivity index (χ0) is 19.4. The molecule has 6 nitrogen and oxygen atoms in total. The topological polar surface area (TPSA) is 78.7 Å². The van der Waals surface area contributed by atoms with Crippen LogP contribution in [-0.4, -0.2) is 49.0 Å². The number of hydrogen-bond donors (Lipinski definition) is 2. The summed E-state index contributed by atoms with van der Waals surface area (Å²) in [5.74, 6) is -0.149. The van der Waals surface area contributed by atoms with Gasteiger partial charge in [0.05, 0.1) is 23.5 Å². The van der Waals surface area contributed by atoms with E-state index < -0.39 is 17.4 Å². The molecule has 0 aliphatic carbocycles. The van der Waals surface area contributed by atoms with E-state index in [4.69, 9.17) is 0 Å². The lowest BCUT2D eigenvalue weighted by atomic mass is 9.89. The Bertz CT molecular complexity index is 734. The Morgan fingerprint density at radius 2 is 2.19 bits per heavy atom. The van der Waals surface area contributed by atoms with E-state index in [1.54, 1.807) is 6.08 Å². The molecule has 1 aliphatic heterocycles. The molecule has 1 aromatic heterocycles. The highest BCUT2D eigenvalue weighted by Gasteiger charge is 2.38. The molecule has 1 aromatic rings. The van der Waals surface area contributed by atoms with Crippen LogP contribution in [0.15, 0.2) is 40.1 Å². The smallest absolute Gasteiger partial charge is 0.349 e. The summed E-state index contributed by atoms with van der Waals surface area (Å²) in [6.07, 6.45) is -1.10. The number of aromatic nitrogens is 1. The SMILES string of the molecule is C=N/C(=C\C(=NC)c1ccc(C(F)(F)F)nc1)CNC(=O)C1(C)CCN1. The van der Waals surface area contributed by atoms with Gasteiger partial charge in [-0.1, -0.05) is 0 Å². The predicted molar refractivity (Wildman–Crippen MR) is 93.4 cm³/mol. The zero-order valence-corrected chi connectivity index (χ0v) is 14.5. The van der Waals surface area contributed by atoms with Gasteiger partial charge in [-0.05, 0) is 44.8 Å². The molecule has 26 heavy (non-hydrogen) atoms. The number of rotatable bonds is 6. The highest BCUT2D eigenvalue weighted by atomic mass is 19.4. The number of nitrogens with zero attached hydrogens (tertiary/aromatic N) is 3. The van der Waals surface area contributed by atoms with E-state index in [0.29, 0.717) is 17.0 Å². The second kappa shape index (κ2) is 7.77. The average molecular weight is 367 g/mol. The summed E-state index contributed by atoms with van der Waals surface area (Å²) >= 11 is 0. The van der Waals surface area contributed by atoms with Gasteiger partial charge in [0.1, 0.15) is 5.69 Å². The largest absolute Gasteiger partial charge is 0.433 e. The van der Waals surface area contributed by atoms with E-state index >= 15 is 0 Å². The lowest BCUT2D eigenvalue weighted by molar-refractivity contribution is -0.141. The van der Waals surface area contributed by atoms with Crippen LogP contribution in [0.4, 0.5) is 13.2 Å². The van der Waals surface area contributed by atoms with Crippen molar-refractivity contribution in [3.8, 4) is 0 Å². The van der Waals surface area contributed by atoms with Gasteiger partial charge in [-0.2, -0.15) is 13.2 Å². The molecule has 1 amide bonds. The quantitative estimate of drug-likeness (QED) is 0.755. The van der Waals surface area contributed by atoms with E-state index in [-0.39, 0.29) is 12.5 Å². The molecule has 0 aromatic carbocycles. The molecular formula is C17H20F3N5O. The van der Waals surface area contributed by atoms with Gasteiger partial charge in [0.25, 0.3) is 0 Å². The van der Waals surface area contributed by atoms with E-state index in [9.17, 15) is 18.0 Å². The van der Waals surface area contributed by atoms with Gasteiger partial charge in [0.2, 0.25) is 5.91 Å². The van der Waals surface area contributed by atoms with E-state index in [0.717, 1.165) is 25.2 Å². The van der Waals surface area contributed by atoms with Crippen molar-refractivity contribution in [1.29, 1.82) is 0 Å². The van der Waals surface area contributed by atoms with Crippen molar-refractivity contribution < 1.29 is 18.0 Å². The molecule has 1 atom stereocenters. The number of carbonyl (C=O) groups is 1. The fourth-order valence-corrected chi connectivity index (χ4v) is 2.36. The van der Waals surface area contributed by atoms with Crippen molar-refractivity contribution in [2.24, 2.45) is 9.98 Å². The molecule has 1 unspecified atom stereocenters. The fraction of sp³-hybridized carbons (Fsp3) is 0.412. The Balaban J connectivity index is 2.10. The lowest BCUT2D eigenvalue weighted by Crippen LogP contribution is -2.63. The molecule has 0 spiro atoms. The molecule has 2 heterocycles. The van der Waals surface area contributed by atoms with Crippen LogP contribution in [0.1, 0.15) is 24.6 Å². The zero-order valence-electron chi connectivity index (χ0n) is 14.5. The van der Waals surface area contributed by atoms with Crippen molar-refractivity contribution >= 4 is 18.3 Å². The van der Waals surface area contributed by atoms with Crippen LogP contribution in [0.3, 0.4) is 0 Å². The van der Waals surface area contributed by atoms with Crippen LogP contribution in [0, 0.1) is 0 Å². The van der Waals surface area contributed by atoms with E-state index in [1.165, 1.54) is 13.1 Å². The van der Waals surface area contributed by atoms with Gasteiger partial charge in [0, 0.05) is 18.8 Å². The van der Waals surface area contributed by atoms with Gasteiger partial charge in [0.15, 0.2) is 0 Å². The van der Waals surface area contributed by atoms with Gasteiger partial charge >= 0.3 is 6.18 Å². The summed E-state index contributed by atoms with van der Waals surface area (Å²) in [4.78, 5) is 23.4. The van der Waals surface area contributed by atoms with Crippen LogP contribution in [-0.2, 0) is 11.0 Å². The van der Waals surface area contributed by atoms with Gasteiger partial charge < -0.3 is 10.6 Å². The minimum Gasteiger partial charge on any atom is -0.349 e. The maximum Gasteiger partial charge on any atom is 0.433 e. The number of amides is 1. The van der Waals surface area contributed by atoms with Crippen molar-refractivity contribution in [1.82, 2.24) is 15.6 Å². The van der Waals surface area contributed by atoms with Crippen molar-refractivity contribution in [3.05, 3.63) is 41.4 Å². The van der Waals surface area contributed by atoms with Crippen LogP contribution >= 0.6 is 0 Å². The molecular weight excluding hydrogens is 347 g/mol. The maximum atomic E-state index is 12.6. The average Bonchev–Trinajstić information content (AvgIpc) is 2.59. The van der Waals surface area contributed by atoms with Crippen molar-refractivity contribution in [3.63, 3.8) is 0 Å². The number of nitrogens with one attached hydrogen (secondary N) is 2. The first kappa shape index (κ1) is 19.8. The first-order valence-electron chi connectivity index (χ1n) is 7.90. The highest BCUT2D eigenvalue weighted by Crippen LogP contribution is 2.27. The first-order valence-corrected chi connectivity index (χ1v) is 7.90. The fourth-order valence-electron chi connectivity index (χ4n) is 2.36. The number of alkyl halides is 3. The second-order valence-corrected chi connectivity index (χ2v) is 6.02. The third-order valence-corrected chi connectivity index (χ3v) is 4.17. The minimum absolute atomic E-state index is 0.132. The summed E-state index contributed by atoms with van der Waals surface area (Å²) in [5.41, 5.74) is -0.333. The Hall–Kier alpha value is -2.55. The van der Waals surface area contributed by atoms with Crippen LogP contribution in [0.2, 0.25) is 0 Å². The molecule has 1 fully saturated rings. The number of carbonyl (C=O) groups excluding carboxylic acids is 1. The highest BCUT2D eigenvalue weighted by molar-refractivity contribution is 6.08. The molecule has 2 rings (SSSR count). The first-order chi connectivity index (χ1) is 12.2. The van der Waals surface area contributed by atoms with Crippen LogP contribution in [0.5, 0.6) is 0 Å². The normalized spacial score (nSPS) is 21.1. The monoisotopic (exact) mass is 367 g/mol. The minimum atomic E-state index is -4.50. The molecule has 2 N–H and O–H groups in total. The molecule has 1 saturated heterocycles. The second-order valence-electron chi connectivity index (χ2n) is 6.02. The molecule has 0 radical (unpaired) electrons. The van der Waals surface area contributed by atoms with Crippen molar-refractivity contribution in [2.45, 2.75) is 25.1 Å². The number of hydrogen-bond acceptors (Lipinski definition) is 5. The number of pyridine rings is 1. The molecule has 1 aliphatic rings. The van der Waals surface area contributed by atoms with Crippen molar-refractivity contribution in [2.75, 3.05) is 20.1 Å². The van der Waals surface area contributed by atoms with Crippen LogP contribution < -0.4 is 10.6 Å². The van der Waals surface area contributed by atoms with Gasteiger partial charge in [-0.25, -0.2) is 0 Å². The Morgan fingerprint density at radius 1 is 1.50 bits per heavy atom. The summed E-state index contributed by atoms with van der Waals surface area (Å²) in [6, 6.07) is 2.17. The Kier molecular flexibility index (Phi) is 5.91. The van der Waals surface area contributed by atoms with E-state index in [2.05, 4.69) is 32.3 Å².